The monoisotopic (exact) mass is 381 g/mol. The van der Waals surface area contributed by atoms with E-state index in [4.69, 9.17) is 14.2 Å². The fourth-order valence-electron chi connectivity index (χ4n) is 3.79. The van der Waals surface area contributed by atoms with E-state index in [2.05, 4.69) is 19.1 Å². The fourth-order valence-corrected chi connectivity index (χ4v) is 3.79. The first-order valence-corrected chi connectivity index (χ1v) is 10.1. The van der Waals surface area contributed by atoms with Gasteiger partial charge >= 0.3 is 0 Å². The number of amides is 1. The highest BCUT2D eigenvalue weighted by Gasteiger charge is 2.23. The van der Waals surface area contributed by atoms with Crippen molar-refractivity contribution in [3.63, 3.8) is 0 Å². The summed E-state index contributed by atoms with van der Waals surface area (Å²) in [4.78, 5) is 15.2. The van der Waals surface area contributed by atoms with Gasteiger partial charge in [0.15, 0.2) is 11.5 Å². The van der Waals surface area contributed by atoms with Crippen LogP contribution in [0.2, 0.25) is 0 Å². The van der Waals surface area contributed by atoms with Gasteiger partial charge in [-0.15, -0.1) is 0 Å². The summed E-state index contributed by atoms with van der Waals surface area (Å²) in [5.41, 5.74) is 3.30. The quantitative estimate of drug-likeness (QED) is 0.748. The van der Waals surface area contributed by atoms with Crippen molar-refractivity contribution in [1.82, 2.24) is 4.90 Å². The molecule has 148 valence electrons. The molecule has 5 heteroatoms. The molecule has 0 unspecified atom stereocenters. The maximum absolute atomic E-state index is 13.2. The van der Waals surface area contributed by atoms with Crippen LogP contribution in [0.3, 0.4) is 0 Å². The van der Waals surface area contributed by atoms with Gasteiger partial charge in [0.05, 0.1) is 13.0 Å². The summed E-state index contributed by atoms with van der Waals surface area (Å²) in [6.07, 6.45) is 4.40. The van der Waals surface area contributed by atoms with Crippen LogP contribution in [0, 0.1) is 0 Å². The predicted molar refractivity (Wildman–Crippen MR) is 107 cm³/mol. The predicted octanol–water partition coefficient (Wildman–Crippen LogP) is 4.11. The number of nitrogens with zero attached hydrogens (tertiary/aromatic N) is 1. The zero-order valence-corrected chi connectivity index (χ0v) is 16.4. The molecule has 5 nitrogen and oxygen atoms in total. The summed E-state index contributed by atoms with van der Waals surface area (Å²) in [7, 11) is 0. The van der Waals surface area contributed by atoms with Crippen LogP contribution in [-0.2, 0) is 24.2 Å². The number of benzene rings is 2. The van der Waals surface area contributed by atoms with Crippen molar-refractivity contribution in [1.29, 1.82) is 0 Å². The van der Waals surface area contributed by atoms with E-state index < -0.39 is 0 Å². The number of fused-ring (bicyclic) bond motifs is 3. The second-order valence-corrected chi connectivity index (χ2v) is 7.38. The maximum atomic E-state index is 13.2. The molecule has 2 heterocycles. The average molecular weight is 381 g/mol. The number of carbonyl (C=O) groups excluding carboxylic acids is 1. The normalized spacial score (nSPS) is 16.0. The van der Waals surface area contributed by atoms with Gasteiger partial charge in [0.1, 0.15) is 5.75 Å². The summed E-state index contributed by atoms with van der Waals surface area (Å²) in [5.74, 6) is 2.20. The molecule has 2 aromatic rings. The Balaban J connectivity index is 1.66. The Morgan fingerprint density at radius 2 is 1.71 bits per heavy atom. The molecule has 0 N–H and O–H groups in total. The highest BCUT2D eigenvalue weighted by Crippen LogP contribution is 2.38. The van der Waals surface area contributed by atoms with Gasteiger partial charge in [-0.05, 0) is 23.6 Å². The van der Waals surface area contributed by atoms with Crippen molar-refractivity contribution in [3.8, 4) is 17.2 Å². The number of rotatable bonds is 4. The maximum Gasteiger partial charge on any atom is 0.231 e. The molecule has 0 aromatic heterocycles. The Morgan fingerprint density at radius 1 is 0.929 bits per heavy atom. The van der Waals surface area contributed by atoms with Crippen molar-refractivity contribution < 1.29 is 19.0 Å². The zero-order valence-electron chi connectivity index (χ0n) is 16.4. The second kappa shape index (κ2) is 8.55. The van der Waals surface area contributed by atoms with Gasteiger partial charge in [-0.3, -0.25) is 4.79 Å². The highest BCUT2D eigenvalue weighted by atomic mass is 16.7. The molecular formula is C23H27NO4. The van der Waals surface area contributed by atoms with Gasteiger partial charge in [0, 0.05) is 31.1 Å². The van der Waals surface area contributed by atoms with Crippen LogP contribution in [0.15, 0.2) is 36.4 Å². The van der Waals surface area contributed by atoms with Crippen LogP contribution in [0.25, 0.3) is 0 Å². The number of unbranched alkanes of at least 4 members (excludes halogenated alkanes) is 2. The molecule has 0 saturated heterocycles. The lowest BCUT2D eigenvalue weighted by Crippen LogP contribution is -2.33. The van der Waals surface area contributed by atoms with Gasteiger partial charge in [-0.1, -0.05) is 44.0 Å². The number of carbonyl (C=O) groups is 1. The van der Waals surface area contributed by atoms with Crippen LogP contribution in [-0.4, -0.2) is 30.8 Å². The third-order valence-electron chi connectivity index (χ3n) is 5.39. The Morgan fingerprint density at radius 3 is 2.54 bits per heavy atom. The SMILES string of the molecule is CCCCCN1Cc2ccccc2CCOc2cc3c(cc2CC1=O)OCO3. The highest BCUT2D eigenvalue weighted by molar-refractivity contribution is 5.80. The molecule has 0 saturated carbocycles. The van der Waals surface area contributed by atoms with E-state index in [9.17, 15) is 4.79 Å². The molecular weight excluding hydrogens is 354 g/mol. The summed E-state index contributed by atoms with van der Waals surface area (Å²) in [6.45, 7) is 4.39. The number of ether oxygens (including phenoxy) is 3. The van der Waals surface area contributed by atoms with Crippen molar-refractivity contribution in [2.75, 3.05) is 19.9 Å². The van der Waals surface area contributed by atoms with E-state index in [0.717, 1.165) is 37.8 Å². The van der Waals surface area contributed by atoms with Crippen molar-refractivity contribution in [2.45, 2.75) is 45.6 Å². The summed E-state index contributed by atoms with van der Waals surface area (Å²) in [6, 6.07) is 12.1. The molecule has 0 aliphatic carbocycles. The van der Waals surface area contributed by atoms with Crippen LogP contribution in [0.1, 0.15) is 42.9 Å². The van der Waals surface area contributed by atoms with E-state index >= 15 is 0 Å². The molecule has 0 radical (unpaired) electrons. The lowest BCUT2D eigenvalue weighted by Gasteiger charge is -2.24. The Kier molecular flexibility index (Phi) is 5.70. The molecule has 0 atom stereocenters. The second-order valence-electron chi connectivity index (χ2n) is 7.38. The standard InChI is InChI=1S/C23H27NO4/c1-2-3-6-10-24-15-18-8-5-4-7-17(18)9-11-26-20-14-22-21(27-16-28-22)12-19(20)13-23(24)25/h4-5,7-8,12,14H,2-3,6,9-11,13,15-16H2,1H3. The Bertz CT molecular complexity index is 848. The number of hydrogen-bond acceptors (Lipinski definition) is 4. The van der Waals surface area contributed by atoms with Crippen molar-refractivity contribution in [2.24, 2.45) is 0 Å². The summed E-state index contributed by atoms with van der Waals surface area (Å²) < 4.78 is 17.1. The molecule has 0 spiro atoms. The van der Waals surface area contributed by atoms with E-state index in [0.29, 0.717) is 36.8 Å². The minimum atomic E-state index is 0.122. The van der Waals surface area contributed by atoms with Crippen LogP contribution in [0.5, 0.6) is 17.2 Å². The molecule has 2 aliphatic rings. The summed E-state index contributed by atoms with van der Waals surface area (Å²) >= 11 is 0. The molecule has 0 fully saturated rings. The van der Waals surface area contributed by atoms with Gasteiger partial charge in [-0.2, -0.15) is 0 Å². The third-order valence-corrected chi connectivity index (χ3v) is 5.39. The summed E-state index contributed by atoms with van der Waals surface area (Å²) in [5, 5.41) is 0. The number of hydrogen-bond donors (Lipinski definition) is 0. The largest absolute Gasteiger partial charge is 0.493 e. The van der Waals surface area contributed by atoms with Crippen LogP contribution >= 0.6 is 0 Å². The fraction of sp³-hybridized carbons (Fsp3) is 0.435. The lowest BCUT2D eigenvalue weighted by molar-refractivity contribution is -0.131. The van der Waals surface area contributed by atoms with Gasteiger partial charge in [0.25, 0.3) is 0 Å². The minimum Gasteiger partial charge on any atom is -0.493 e. The smallest absolute Gasteiger partial charge is 0.231 e. The van der Waals surface area contributed by atoms with E-state index in [1.54, 1.807) is 0 Å². The molecule has 2 aromatic carbocycles. The average Bonchev–Trinajstić information content (AvgIpc) is 3.14. The topological polar surface area (TPSA) is 48.0 Å². The van der Waals surface area contributed by atoms with Crippen molar-refractivity contribution >= 4 is 5.91 Å². The Hall–Kier alpha value is -2.69. The van der Waals surface area contributed by atoms with E-state index in [1.165, 1.54) is 11.1 Å². The molecule has 0 bridgehead atoms. The first kappa shape index (κ1) is 18.7. The van der Waals surface area contributed by atoms with E-state index in [1.807, 2.05) is 29.2 Å². The minimum absolute atomic E-state index is 0.122. The zero-order chi connectivity index (χ0) is 19.3. The molecule has 28 heavy (non-hydrogen) atoms. The first-order chi connectivity index (χ1) is 13.7. The first-order valence-electron chi connectivity index (χ1n) is 10.1. The van der Waals surface area contributed by atoms with E-state index in [-0.39, 0.29) is 12.7 Å². The van der Waals surface area contributed by atoms with Gasteiger partial charge < -0.3 is 19.1 Å². The molecule has 1 amide bonds. The third kappa shape index (κ3) is 4.08. The Labute approximate surface area is 166 Å². The van der Waals surface area contributed by atoms with Crippen LogP contribution < -0.4 is 14.2 Å². The van der Waals surface area contributed by atoms with Gasteiger partial charge in [0.2, 0.25) is 12.7 Å². The molecule has 2 aliphatic heterocycles. The van der Waals surface area contributed by atoms with Crippen LogP contribution in [0.4, 0.5) is 0 Å². The van der Waals surface area contributed by atoms with Gasteiger partial charge in [-0.25, -0.2) is 0 Å². The lowest BCUT2D eigenvalue weighted by atomic mass is 10.0. The van der Waals surface area contributed by atoms with Crippen molar-refractivity contribution in [3.05, 3.63) is 53.1 Å². The molecule has 4 rings (SSSR count).